The zero-order valence-electron chi connectivity index (χ0n) is 15.9. The molecule has 144 valence electrons. The molecule has 3 N–H and O–H groups in total. The molecular formula is C19H34IN3O2. The van der Waals surface area contributed by atoms with E-state index >= 15 is 0 Å². The second-order valence-corrected chi connectivity index (χ2v) is 7.00. The molecule has 0 aromatic heterocycles. The number of nitrogens with zero attached hydrogens (tertiary/aromatic N) is 1. The largest absolute Gasteiger partial charge is 0.396 e. The highest BCUT2D eigenvalue weighted by molar-refractivity contribution is 14.0. The fourth-order valence-electron chi connectivity index (χ4n) is 1.97. The van der Waals surface area contributed by atoms with Gasteiger partial charge in [0, 0.05) is 25.1 Å². The molecule has 0 aliphatic heterocycles. The summed E-state index contributed by atoms with van der Waals surface area (Å²) in [6.45, 7) is 11.8. The second-order valence-electron chi connectivity index (χ2n) is 7.00. The van der Waals surface area contributed by atoms with Crippen LogP contribution in [0.4, 0.5) is 0 Å². The van der Waals surface area contributed by atoms with Crippen molar-refractivity contribution in [2.45, 2.75) is 34.3 Å². The van der Waals surface area contributed by atoms with Crippen molar-refractivity contribution < 1.29 is 9.84 Å². The summed E-state index contributed by atoms with van der Waals surface area (Å²) in [7, 11) is 0. The van der Waals surface area contributed by atoms with Gasteiger partial charge in [-0.3, -0.25) is 4.99 Å². The lowest BCUT2D eigenvalue weighted by Gasteiger charge is -2.21. The molecule has 1 aromatic rings. The summed E-state index contributed by atoms with van der Waals surface area (Å²) < 4.78 is 5.77. The molecule has 0 radical (unpaired) electrons. The first-order chi connectivity index (χ1) is 11.5. The summed E-state index contributed by atoms with van der Waals surface area (Å²) in [5.74, 6) is 1.16. The van der Waals surface area contributed by atoms with E-state index in [1.54, 1.807) is 0 Å². The molecule has 0 heterocycles. The Morgan fingerprint density at radius 2 is 1.92 bits per heavy atom. The number of aliphatic imine (C=N–C) groups is 1. The number of ether oxygens (including phenoxy) is 1. The Hall–Kier alpha value is -0.860. The highest BCUT2D eigenvalue weighted by Crippen LogP contribution is 2.13. The average Bonchev–Trinajstić information content (AvgIpc) is 2.58. The minimum atomic E-state index is -0.202. The van der Waals surface area contributed by atoms with Gasteiger partial charge in [-0.2, -0.15) is 0 Å². The van der Waals surface area contributed by atoms with Crippen LogP contribution in [0.1, 0.15) is 33.3 Å². The maximum absolute atomic E-state index is 9.32. The molecule has 0 amide bonds. The summed E-state index contributed by atoms with van der Waals surface area (Å²) >= 11 is 0. The van der Waals surface area contributed by atoms with Gasteiger partial charge >= 0.3 is 0 Å². The zero-order chi connectivity index (χ0) is 17.8. The molecule has 0 bridgehead atoms. The van der Waals surface area contributed by atoms with Crippen LogP contribution >= 0.6 is 24.0 Å². The summed E-state index contributed by atoms with van der Waals surface area (Å²) in [5.41, 5.74) is 0.992. The Morgan fingerprint density at radius 1 is 1.24 bits per heavy atom. The van der Waals surface area contributed by atoms with Crippen LogP contribution in [0.15, 0.2) is 35.3 Å². The molecule has 1 aromatic carbocycles. The van der Waals surface area contributed by atoms with E-state index in [4.69, 9.17) is 4.74 Å². The molecule has 0 saturated carbocycles. The van der Waals surface area contributed by atoms with Crippen LogP contribution in [0, 0.1) is 11.3 Å². The molecule has 5 nitrogen and oxygen atoms in total. The van der Waals surface area contributed by atoms with E-state index in [9.17, 15) is 5.11 Å². The third-order valence-electron chi connectivity index (χ3n) is 3.57. The van der Waals surface area contributed by atoms with Crippen molar-refractivity contribution in [2.75, 3.05) is 32.8 Å². The summed E-state index contributed by atoms with van der Waals surface area (Å²) in [6.07, 6.45) is 0. The highest BCUT2D eigenvalue weighted by Gasteiger charge is 2.16. The lowest BCUT2D eigenvalue weighted by atomic mass is 9.95. The lowest BCUT2D eigenvalue weighted by Crippen LogP contribution is -2.41. The number of benzene rings is 1. The molecular weight excluding hydrogens is 429 g/mol. The van der Waals surface area contributed by atoms with E-state index in [-0.39, 0.29) is 36.0 Å². The van der Waals surface area contributed by atoms with Gasteiger partial charge in [0.25, 0.3) is 0 Å². The highest BCUT2D eigenvalue weighted by atomic mass is 127. The van der Waals surface area contributed by atoms with Gasteiger partial charge in [-0.05, 0) is 18.4 Å². The van der Waals surface area contributed by atoms with Crippen molar-refractivity contribution in [2.24, 2.45) is 16.3 Å². The molecule has 1 atom stereocenters. The first kappa shape index (κ1) is 24.1. The summed E-state index contributed by atoms with van der Waals surface area (Å²) in [4.78, 5) is 4.55. The number of nitrogens with one attached hydrogen (secondary N) is 2. The van der Waals surface area contributed by atoms with Crippen LogP contribution in [-0.4, -0.2) is 43.9 Å². The molecule has 0 fully saturated rings. The minimum Gasteiger partial charge on any atom is -0.396 e. The first-order valence-electron chi connectivity index (χ1n) is 8.71. The van der Waals surface area contributed by atoms with Gasteiger partial charge in [0.05, 0.1) is 19.8 Å². The van der Waals surface area contributed by atoms with Crippen LogP contribution in [0.25, 0.3) is 0 Å². The van der Waals surface area contributed by atoms with Crippen molar-refractivity contribution in [3.63, 3.8) is 0 Å². The van der Waals surface area contributed by atoms with E-state index < -0.39 is 0 Å². The summed E-state index contributed by atoms with van der Waals surface area (Å²) in [6, 6.07) is 10.2. The first-order valence-corrected chi connectivity index (χ1v) is 8.71. The predicted octanol–water partition coefficient (Wildman–Crippen LogP) is 3.03. The molecule has 1 rings (SSSR count). The van der Waals surface area contributed by atoms with E-state index in [0.29, 0.717) is 25.7 Å². The topological polar surface area (TPSA) is 65.9 Å². The normalized spacial score (nSPS) is 13.1. The molecule has 25 heavy (non-hydrogen) atoms. The third kappa shape index (κ3) is 11.4. The van der Waals surface area contributed by atoms with Gasteiger partial charge in [-0.1, -0.05) is 51.1 Å². The van der Waals surface area contributed by atoms with Crippen molar-refractivity contribution in [1.29, 1.82) is 0 Å². The Morgan fingerprint density at radius 3 is 2.52 bits per heavy atom. The lowest BCUT2D eigenvalue weighted by molar-refractivity contribution is 0.0931. The molecule has 0 aliphatic carbocycles. The van der Waals surface area contributed by atoms with Gasteiger partial charge in [0.1, 0.15) is 0 Å². The van der Waals surface area contributed by atoms with Crippen molar-refractivity contribution in [3.05, 3.63) is 35.9 Å². The number of aliphatic hydroxyl groups excluding tert-OH is 1. The maximum Gasteiger partial charge on any atom is 0.191 e. The number of guanidine groups is 1. The number of rotatable bonds is 10. The van der Waals surface area contributed by atoms with Crippen molar-refractivity contribution >= 4 is 29.9 Å². The van der Waals surface area contributed by atoms with E-state index in [1.807, 2.05) is 39.0 Å². The Labute approximate surface area is 169 Å². The van der Waals surface area contributed by atoms with Gasteiger partial charge < -0.3 is 20.5 Å². The third-order valence-corrected chi connectivity index (χ3v) is 3.57. The average molecular weight is 463 g/mol. The van der Waals surface area contributed by atoms with Crippen LogP contribution in [0.3, 0.4) is 0 Å². The smallest absolute Gasteiger partial charge is 0.191 e. The molecule has 0 spiro atoms. The van der Waals surface area contributed by atoms with Crippen LogP contribution in [0.2, 0.25) is 0 Å². The molecule has 0 saturated heterocycles. The predicted molar refractivity (Wildman–Crippen MR) is 116 cm³/mol. The van der Waals surface area contributed by atoms with Gasteiger partial charge in [-0.25, -0.2) is 0 Å². The van der Waals surface area contributed by atoms with Gasteiger partial charge in [-0.15, -0.1) is 24.0 Å². The summed E-state index contributed by atoms with van der Waals surface area (Å²) in [5, 5.41) is 15.9. The monoisotopic (exact) mass is 463 g/mol. The number of halogens is 1. The fraction of sp³-hybridized carbons (Fsp3) is 0.632. The van der Waals surface area contributed by atoms with Crippen LogP contribution in [0.5, 0.6) is 0 Å². The fourth-order valence-corrected chi connectivity index (χ4v) is 1.97. The molecule has 0 aliphatic rings. The second kappa shape index (κ2) is 13.4. The number of hydrogen-bond donors (Lipinski definition) is 3. The SMILES string of the molecule is CCNC(=NCC(C)(C)CO)NCC(C)COCc1ccccc1.I. The molecule has 1 unspecified atom stereocenters. The Balaban J connectivity index is 0.00000576. The maximum atomic E-state index is 9.32. The quantitative estimate of drug-likeness (QED) is 0.284. The van der Waals surface area contributed by atoms with E-state index in [2.05, 4.69) is 34.7 Å². The van der Waals surface area contributed by atoms with Crippen molar-refractivity contribution in [1.82, 2.24) is 10.6 Å². The number of hydrogen-bond acceptors (Lipinski definition) is 3. The van der Waals surface area contributed by atoms with Gasteiger partial charge in [0.15, 0.2) is 5.96 Å². The number of aliphatic hydroxyl groups is 1. The van der Waals surface area contributed by atoms with Crippen LogP contribution < -0.4 is 10.6 Å². The Bertz CT molecular complexity index is 481. The van der Waals surface area contributed by atoms with Gasteiger partial charge in [0.2, 0.25) is 0 Å². The standard InChI is InChI=1S/C19H33N3O2.HI/c1-5-20-18(22-14-19(3,4)15-23)21-11-16(2)12-24-13-17-9-7-6-8-10-17;/h6-10,16,23H,5,11-15H2,1-4H3,(H2,20,21,22);1H. The Kier molecular flexibility index (Phi) is 12.9. The molecule has 6 heteroatoms. The van der Waals surface area contributed by atoms with E-state index in [0.717, 1.165) is 19.0 Å². The van der Waals surface area contributed by atoms with Crippen LogP contribution in [-0.2, 0) is 11.3 Å². The van der Waals surface area contributed by atoms with Crippen molar-refractivity contribution in [3.8, 4) is 0 Å². The minimum absolute atomic E-state index is 0. The van der Waals surface area contributed by atoms with E-state index in [1.165, 1.54) is 5.56 Å². The zero-order valence-corrected chi connectivity index (χ0v) is 18.2.